The summed E-state index contributed by atoms with van der Waals surface area (Å²) in [6, 6.07) is 10.6. The Labute approximate surface area is 126 Å². The summed E-state index contributed by atoms with van der Waals surface area (Å²) in [5.41, 5.74) is 2.80. The minimum absolute atomic E-state index is 0.466. The number of aromatic amines is 1. The zero-order valence-corrected chi connectivity index (χ0v) is 11.8. The fourth-order valence-electron chi connectivity index (χ4n) is 2.26. The van der Waals surface area contributed by atoms with E-state index in [2.05, 4.69) is 16.0 Å². The Kier molecular flexibility index (Phi) is 3.58. The van der Waals surface area contributed by atoms with Crippen LogP contribution in [0.1, 0.15) is 11.1 Å². The summed E-state index contributed by atoms with van der Waals surface area (Å²) in [4.78, 5) is 6.72. The molecule has 3 rings (SSSR count). The number of rotatable bonds is 3. The molecule has 22 heavy (non-hydrogen) atoms. The van der Waals surface area contributed by atoms with Gasteiger partial charge in [0, 0.05) is 28.9 Å². The first kappa shape index (κ1) is 13.8. The van der Waals surface area contributed by atoms with Gasteiger partial charge in [0.1, 0.15) is 5.75 Å². The maximum Gasteiger partial charge on any atom is 0.212 e. The average molecular weight is 293 g/mol. The molecule has 4 nitrogen and oxygen atoms in total. The molecular weight excluding hydrogens is 281 g/mol. The second-order valence-corrected chi connectivity index (χ2v) is 4.70. The molecule has 108 valence electrons. The van der Waals surface area contributed by atoms with Crippen molar-refractivity contribution in [2.24, 2.45) is 0 Å². The first-order valence-corrected chi connectivity index (χ1v) is 6.60. The van der Waals surface area contributed by atoms with Gasteiger partial charge in [-0.1, -0.05) is 0 Å². The molecule has 0 fully saturated rings. The van der Waals surface area contributed by atoms with E-state index in [9.17, 15) is 9.65 Å². The van der Waals surface area contributed by atoms with Crippen LogP contribution < -0.4 is 4.74 Å². The Morgan fingerprint density at radius 1 is 1.36 bits per heavy atom. The lowest BCUT2D eigenvalue weighted by Gasteiger charge is -2.01. The van der Waals surface area contributed by atoms with Crippen molar-refractivity contribution in [3.63, 3.8) is 0 Å². The number of allylic oxidation sites excluding steroid dienone is 1. The molecule has 1 N–H and O–H groups in total. The topological polar surface area (TPSA) is 61.7 Å². The van der Waals surface area contributed by atoms with Crippen LogP contribution in [-0.2, 0) is 0 Å². The number of ether oxygens (including phenoxy) is 1. The fraction of sp³-hybridized carbons (Fsp3) is 0.0588. The van der Waals surface area contributed by atoms with Gasteiger partial charge < -0.3 is 9.72 Å². The van der Waals surface area contributed by atoms with Crippen molar-refractivity contribution >= 4 is 22.6 Å². The summed E-state index contributed by atoms with van der Waals surface area (Å²) >= 11 is 0. The van der Waals surface area contributed by atoms with Gasteiger partial charge in [-0.15, -0.1) is 0 Å². The van der Waals surface area contributed by atoms with Crippen molar-refractivity contribution in [3.05, 3.63) is 59.8 Å². The molecule has 2 heterocycles. The van der Waals surface area contributed by atoms with Crippen molar-refractivity contribution in [1.29, 1.82) is 5.26 Å². The van der Waals surface area contributed by atoms with E-state index in [4.69, 9.17) is 4.74 Å². The Bertz CT molecular complexity index is 888. The van der Waals surface area contributed by atoms with Crippen LogP contribution in [0, 0.1) is 17.3 Å². The maximum absolute atomic E-state index is 12.9. The van der Waals surface area contributed by atoms with Crippen molar-refractivity contribution in [1.82, 2.24) is 9.97 Å². The molecule has 2 aromatic heterocycles. The van der Waals surface area contributed by atoms with Crippen LogP contribution in [0.5, 0.6) is 5.75 Å². The van der Waals surface area contributed by atoms with Gasteiger partial charge in [0.25, 0.3) is 0 Å². The monoisotopic (exact) mass is 293 g/mol. The Morgan fingerprint density at radius 2 is 2.23 bits per heavy atom. The van der Waals surface area contributed by atoms with Gasteiger partial charge in [-0.3, -0.25) is 0 Å². The van der Waals surface area contributed by atoms with Gasteiger partial charge in [-0.25, -0.2) is 4.98 Å². The van der Waals surface area contributed by atoms with Crippen molar-refractivity contribution in [2.45, 2.75) is 0 Å². The molecule has 5 heteroatoms. The number of pyridine rings is 1. The van der Waals surface area contributed by atoms with E-state index < -0.39 is 5.95 Å². The molecule has 0 aliphatic carbocycles. The standard InChI is InChI=1S/C17H12FN3O/c1-22-13-3-4-16-14(7-13)15(10-20-16)12(8-19)6-11-2-5-17(18)21-9-11/h2-7,9-10,20H,1H3. The van der Waals surface area contributed by atoms with Crippen LogP contribution >= 0.6 is 0 Å². The smallest absolute Gasteiger partial charge is 0.212 e. The van der Waals surface area contributed by atoms with Gasteiger partial charge in [0.2, 0.25) is 5.95 Å². The summed E-state index contributed by atoms with van der Waals surface area (Å²) < 4.78 is 18.1. The number of methoxy groups -OCH3 is 1. The number of hydrogen-bond donors (Lipinski definition) is 1. The summed E-state index contributed by atoms with van der Waals surface area (Å²) in [5.74, 6) is 0.168. The number of fused-ring (bicyclic) bond motifs is 1. The van der Waals surface area contributed by atoms with E-state index in [1.54, 1.807) is 25.4 Å². The van der Waals surface area contributed by atoms with Crippen LogP contribution in [0.3, 0.4) is 0 Å². The zero-order valence-electron chi connectivity index (χ0n) is 11.8. The van der Waals surface area contributed by atoms with Gasteiger partial charge >= 0.3 is 0 Å². The summed E-state index contributed by atoms with van der Waals surface area (Å²) in [5, 5.41) is 10.3. The molecule has 0 saturated heterocycles. The van der Waals surface area contributed by atoms with Crippen molar-refractivity contribution in [2.75, 3.05) is 7.11 Å². The minimum atomic E-state index is -0.549. The first-order valence-electron chi connectivity index (χ1n) is 6.60. The van der Waals surface area contributed by atoms with E-state index in [1.165, 1.54) is 12.3 Å². The second kappa shape index (κ2) is 5.70. The first-order chi connectivity index (χ1) is 10.7. The zero-order chi connectivity index (χ0) is 15.5. The number of H-pyrrole nitrogens is 1. The Balaban J connectivity index is 2.11. The normalized spacial score (nSPS) is 11.4. The van der Waals surface area contributed by atoms with E-state index in [1.807, 2.05) is 18.2 Å². The highest BCUT2D eigenvalue weighted by Gasteiger charge is 2.10. The Hall–Kier alpha value is -3.13. The molecule has 0 aliphatic rings. The predicted molar refractivity (Wildman–Crippen MR) is 82.5 cm³/mol. The summed E-state index contributed by atoms with van der Waals surface area (Å²) in [6.07, 6.45) is 4.84. The largest absolute Gasteiger partial charge is 0.497 e. The van der Waals surface area contributed by atoms with Crippen molar-refractivity contribution in [3.8, 4) is 11.8 Å². The number of halogens is 1. The highest BCUT2D eigenvalue weighted by molar-refractivity contribution is 6.01. The third-order valence-electron chi connectivity index (χ3n) is 3.36. The van der Waals surface area contributed by atoms with Gasteiger partial charge in [0.05, 0.1) is 18.8 Å². The van der Waals surface area contributed by atoms with E-state index >= 15 is 0 Å². The molecule has 1 aromatic carbocycles. The summed E-state index contributed by atoms with van der Waals surface area (Å²) in [7, 11) is 1.60. The van der Waals surface area contributed by atoms with E-state index in [-0.39, 0.29) is 0 Å². The van der Waals surface area contributed by atoms with Gasteiger partial charge in [0.15, 0.2) is 0 Å². The molecule has 0 amide bonds. The Morgan fingerprint density at radius 3 is 2.91 bits per heavy atom. The number of hydrogen-bond acceptors (Lipinski definition) is 3. The van der Waals surface area contributed by atoms with Crippen LogP contribution in [0.25, 0.3) is 22.6 Å². The molecular formula is C17H12FN3O. The molecule has 3 aromatic rings. The van der Waals surface area contributed by atoms with Gasteiger partial charge in [-0.2, -0.15) is 9.65 Å². The number of nitriles is 1. The number of nitrogens with one attached hydrogen (secondary N) is 1. The third kappa shape index (κ3) is 2.54. The van der Waals surface area contributed by atoms with Crippen LogP contribution in [0.15, 0.2) is 42.7 Å². The SMILES string of the molecule is COc1ccc2[nH]cc(C(C#N)=Cc3ccc(F)nc3)c2c1. The van der Waals surface area contributed by atoms with Gasteiger partial charge in [-0.05, 0) is 42.0 Å². The van der Waals surface area contributed by atoms with Crippen LogP contribution in [0.2, 0.25) is 0 Å². The molecule has 0 aliphatic heterocycles. The van der Waals surface area contributed by atoms with E-state index in [0.29, 0.717) is 16.9 Å². The second-order valence-electron chi connectivity index (χ2n) is 4.70. The molecule has 0 radical (unpaired) electrons. The average Bonchev–Trinajstić information content (AvgIpc) is 2.97. The molecule has 0 unspecified atom stereocenters. The predicted octanol–water partition coefficient (Wildman–Crippen LogP) is 3.77. The quantitative estimate of drug-likeness (QED) is 0.590. The molecule has 0 bridgehead atoms. The van der Waals surface area contributed by atoms with Crippen LogP contribution in [-0.4, -0.2) is 17.1 Å². The minimum Gasteiger partial charge on any atom is -0.497 e. The number of aromatic nitrogens is 2. The maximum atomic E-state index is 12.9. The lowest BCUT2D eigenvalue weighted by Crippen LogP contribution is -1.85. The lowest BCUT2D eigenvalue weighted by molar-refractivity contribution is 0.415. The molecule has 0 saturated carbocycles. The van der Waals surface area contributed by atoms with Crippen molar-refractivity contribution < 1.29 is 9.13 Å². The number of nitrogens with zero attached hydrogens (tertiary/aromatic N) is 2. The van der Waals surface area contributed by atoms with E-state index in [0.717, 1.165) is 16.5 Å². The molecule has 0 spiro atoms. The molecule has 0 atom stereocenters. The third-order valence-corrected chi connectivity index (χ3v) is 3.36. The highest BCUT2D eigenvalue weighted by Crippen LogP contribution is 2.29. The number of benzene rings is 1. The summed E-state index contributed by atoms with van der Waals surface area (Å²) in [6.45, 7) is 0. The highest BCUT2D eigenvalue weighted by atomic mass is 19.1. The van der Waals surface area contributed by atoms with Crippen LogP contribution in [0.4, 0.5) is 4.39 Å². The lowest BCUT2D eigenvalue weighted by atomic mass is 10.0. The fourth-order valence-corrected chi connectivity index (χ4v) is 2.26.